The van der Waals surface area contributed by atoms with E-state index in [2.05, 4.69) is 0 Å². The summed E-state index contributed by atoms with van der Waals surface area (Å²) >= 11 is 0. The van der Waals surface area contributed by atoms with E-state index < -0.39 is 15.7 Å². The Morgan fingerprint density at radius 1 is 1.19 bits per heavy atom. The van der Waals surface area contributed by atoms with E-state index in [4.69, 9.17) is 5.73 Å². The lowest BCUT2D eigenvalue weighted by molar-refractivity contribution is -0.117. The van der Waals surface area contributed by atoms with Gasteiger partial charge < -0.3 is 5.73 Å². The average molecular weight is 272 g/mol. The minimum Gasteiger partial charge on any atom is -0.370 e. The minimum atomic E-state index is -3.14. The van der Waals surface area contributed by atoms with Gasteiger partial charge in [0.2, 0.25) is 5.91 Å². The highest BCUT2D eigenvalue weighted by atomic mass is 35.5. The summed E-state index contributed by atoms with van der Waals surface area (Å²) in [6.45, 7) is 3.93. The fourth-order valence-corrected chi connectivity index (χ4v) is 3.57. The first-order valence-corrected chi connectivity index (χ1v) is 7.15. The third-order valence-electron chi connectivity index (χ3n) is 2.36. The van der Waals surface area contributed by atoms with Crippen LogP contribution < -0.4 is 5.73 Å². The summed E-state index contributed by atoms with van der Waals surface area (Å²) in [5.74, 6) is -0.655. The molecule has 0 aliphatic heterocycles. The molecule has 0 fully saturated rings. The maximum absolute atomic E-state index is 11.8. The lowest BCUT2D eigenvalue weighted by atomic mass is 10.2. The van der Waals surface area contributed by atoms with Gasteiger partial charge in [-0.05, 0) is 12.8 Å². The third-order valence-corrected chi connectivity index (χ3v) is 4.62. The largest absolute Gasteiger partial charge is 0.370 e. The van der Waals surface area contributed by atoms with Crippen LogP contribution in [0.25, 0.3) is 0 Å². The first-order chi connectivity index (χ1) is 6.94. The molecular weight excluding hydrogens is 250 g/mol. The van der Waals surface area contributed by atoms with E-state index in [1.54, 1.807) is 0 Å². The molecule has 0 heterocycles. The lowest BCUT2D eigenvalue weighted by Crippen LogP contribution is -2.26. The number of halogens is 1. The van der Waals surface area contributed by atoms with Crippen molar-refractivity contribution in [3.05, 3.63) is 0 Å². The molecule has 0 unspecified atom stereocenters. The van der Waals surface area contributed by atoms with Gasteiger partial charge in [-0.25, -0.2) is 8.42 Å². The number of rotatable bonds is 8. The zero-order valence-electron chi connectivity index (χ0n) is 9.94. The highest BCUT2D eigenvalue weighted by Crippen LogP contribution is 2.16. The maximum atomic E-state index is 11.8. The van der Waals surface area contributed by atoms with Crippen LogP contribution in [-0.4, -0.2) is 25.3 Å². The lowest BCUT2D eigenvalue weighted by Gasteiger charge is -2.15. The van der Waals surface area contributed by atoms with Crippen LogP contribution in [0.2, 0.25) is 0 Å². The second-order valence-corrected chi connectivity index (χ2v) is 6.18. The van der Waals surface area contributed by atoms with E-state index in [9.17, 15) is 13.2 Å². The summed E-state index contributed by atoms with van der Waals surface area (Å²) in [5, 5.41) is -0.299. The van der Waals surface area contributed by atoms with Crippen LogP contribution in [0.3, 0.4) is 0 Å². The minimum absolute atomic E-state index is 0. The molecule has 1 amide bonds. The van der Waals surface area contributed by atoms with Gasteiger partial charge in [-0.1, -0.05) is 26.7 Å². The second kappa shape index (κ2) is 8.82. The molecule has 0 aromatic carbocycles. The van der Waals surface area contributed by atoms with Gasteiger partial charge in [-0.15, -0.1) is 12.4 Å². The van der Waals surface area contributed by atoms with Crippen molar-refractivity contribution in [3.8, 4) is 0 Å². The maximum Gasteiger partial charge on any atom is 0.218 e. The average Bonchev–Trinajstić information content (AvgIpc) is 2.15. The Morgan fingerprint density at radius 3 is 1.94 bits per heavy atom. The molecule has 0 rings (SSSR count). The number of nitrogens with two attached hydrogens (primary N) is 1. The molecule has 0 aliphatic rings. The first kappa shape index (κ1) is 18.1. The highest BCUT2D eigenvalue weighted by Gasteiger charge is 2.23. The van der Waals surface area contributed by atoms with Gasteiger partial charge in [0, 0.05) is 6.42 Å². The SMILES string of the molecule is CCCC(CCC)S(=O)(=O)CCC(N)=O.Cl. The Kier molecular flexibility index (Phi) is 9.96. The van der Waals surface area contributed by atoms with Crippen LogP contribution in [0.5, 0.6) is 0 Å². The standard InChI is InChI=1S/C10H21NO3S.ClH/c1-3-5-9(6-4-2)15(13,14)8-7-10(11)12;/h9H,3-8H2,1-2H3,(H2,11,12);1H. The molecule has 4 nitrogen and oxygen atoms in total. The molecule has 0 aliphatic carbocycles. The third kappa shape index (κ3) is 7.06. The number of carbonyl (C=O) groups excluding carboxylic acids is 1. The molecule has 0 aromatic rings. The van der Waals surface area contributed by atoms with Gasteiger partial charge in [0.15, 0.2) is 9.84 Å². The fraction of sp³-hybridized carbons (Fsp3) is 0.900. The van der Waals surface area contributed by atoms with Gasteiger partial charge >= 0.3 is 0 Å². The van der Waals surface area contributed by atoms with E-state index in [0.29, 0.717) is 12.8 Å². The quantitative estimate of drug-likeness (QED) is 0.729. The smallest absolute Gasteiger partial charge is 0.218 e. The molecule has 0 saturated carbocycles. The topological polar surface area (TPSA) is 77.2 Å². The van der Waals surface area contributed by atoms with Gasteiger partial charge in [0.1, 0.15) is 0 Å². The second-order valence-electron chi connectivity index (χ2n) is 3.78. The van der Waals surface area contributed by atoms with Crippen molar-refractivity contribution in [1.29, 1.82) is 0 Å². The molecule has 6 heteroatoms. The summed E-state index contributed by atoms with van der Waals surface area (Å²) in [6, 6.07) is 0. The molecule has 16 heavy (non-hydrogen) atoms. The normalized spacial score (nSPS) is 11.2. The van der Waals surface area contributed by atoms with E-state index >= 15 is 0 Å². The zero-order chi connectivity index (χ0) is 11.9. The molecule has 0 aromatic heterocycles. The van der Waals surface area contributed by atoms with E-state index in [0.717, 1.165) is 12.8 Å². The predicted octanol–water partition coefficient (Wildman–Crippen LogP) is 1.67. The van der Waals surface area contributed by atoms with E-state index in [1.807, 2.05) is 13.8 Å². The van der Waals surface area contributed by atoms with Crippen molar-refractivity contribution in [2.45, 2.75) is 51.2 Å². The number of sulfone groups is 1. The Balaban J connectivity index is 0. The number of hydrogen-bond acceptors (Lipinski definition) is 3. The van der Waals surface area contributed by atoms with Crippen LogP contribution in [0.15, 0.2) is 0 Å². The summed E-state index contributed by atoms with van der Waals surface area (Å²) in [5.41, 5.74) is 4.94. The number of amides is 1. The molecular formula is C10H22ClNO3S. The molecule has 0 bridgehead atoms. The molecule has 0 saturated heterocycles. The van der Waals surface area contributed by atoms with Gasteiger partial charge in [0.25, 0.3) is 0 Å². The van der Waals surface area contributed by atoms with E-state index in [1.165, 1.54) is 0 Å². The van der Waals surface area contributed by atoms with Crippen molar-refractivity contribution in [3.63, 3.8) is 0 Å². The van der Waals surface area contributed by atoms with Crippen molar-refractivity contribution in [2.24, 2.45) is 5.73 Å². The van der Waals surface area contributed by atoms with Crippen LogP contribution in [0, 0.1) is 0 Å². The monoisotopic (exact) mass is 271 g/mol. The predicted molar refractivity (Wildman–Crippen MR) is 68.5 cm³/mol. The Bertz CT molecular complexity index is 284. The Morgan fingerprint density at radius 2 is 1.62 bits per heavy atom. The van der Waals surface area contributed by atoms with Crippen molar-refractivity contribution < 1.29 is 13.2 Å². The first-order valence-electron chi connectivity index (χ1n) is 5.43. The van der Waals surface area contributed by atoms with Crippen LogP contribution in [0.1, 0.15) is 46.0 Å². The van der Waals surface area contributed by atoms with Gasteiger partial charge in [-0.2, -0.15) is 0 Å². The van der Waals surface area contributed by atoms with Crippen molar-refractivity contribution in [1.82, 2.24) is 0 Å². The summed E-state index contributed by atoms with van der Waals surface area (Å²) in [4.78, 5) is 10.5. The summed E-state index contributed by atoms with van der Waals surface area (Å²) < 4.78 is 23.6. The highest BCUT2D eigenvalue weighted by molar-refractivity contribution is 7.92. The number of primary amides is 1. The summed E-state index contributed by atoms with van der Waals surface area (Å²) in [6.07, 6.45) is 2.98. The van der Waals surface area contributed by atoms with Gasteiger partial charge in [-0.3, -0.25) is 4.79 Å². The van der Waals surface area contributed by atoms with Crippen LogP contribution >= 0.6 is 12.4 Å². The van der Waals surface area contributed by atoms with Crippen LogP contribution in [0.4, 0.5) is 0 Å². The van der Waals surface area contributed by atoms with Crippen molar-refractivity contribution >= 4 is 28.2 Å². The van der Waals surface area contributed by atoms with Crippen LogP contribution in [-0.2, 0) is 14.6 Å². The molecule has 0 spiro atoms. The molecule has 0 radical (unpaired) electrons. The Hall–Kier alpha value is -0.290. The molecule has 98 valence electrons. The van der Waals surface area contributed by atoms with Crippen molar-refractivity contribution in [2.75, 3.05) is 5.75 Å². The van der Waals surface area contributed by atoms with E-state index in [-0.39, 0.29) is 29.8 Å². The Labute approximate surface area is 104 Å². The fourth-order valence-electron chi connectivity index (χ4n) is 1.56. The molecule has 0 atom stereocenters. The van der Waals surface area contributed by atoms with Gasteiger partial charge in [0.05, 0.1) is 11.0 Å². The molecule has 2 N–H and O–H groups in total. The number of hydrogen-bond donors (Lipinski definition) is 1. The number of carbonyl (C=O) groups is 1. The zero-order valence-corrected chi connectivity index (χ0v) is 11.6. The summed E-state index contributed by atoms with van der Waals surface area (Å²) in [7, 11) is -3.14.